The van der Waals surface area contributed by atoms with Gasteiger partial charge in [-0.05, 0) is 37.3 Å². The number of carbonyl (C=O) groups excluding carboxylic acids is 1. The van der Waals surface area contributed by atoms with Gasteiger partial charge in [0.05, 0.1) is 18.2 Å². The van der Waals surface area contributed by atoms with Gasteiger partial charge in [-0.15, -0.1) is 10.2 Å². The van der Waals surface area contributed by atoms with Gasteiger partial charge >= 0.3 is 0 Å². The normalized spacial score (nSPS) is 24.7. The van der Waals surface area contributed by atoms with Crippen LogP contribution >= 0.6 is 0 Å². The quantitative estimate of drug-likeness (QED) is 0.897. The molecule has 24 heavy (non-hydrogen) atoms. The van der Waals surface area contributed by atoms with Crippen LogP contribution < -0.4 is 5.32 Å². The van der Waals surface area contributed by atoms with Gasteiger partial charge in [-0.1, -0.05) is 6.42 Å². The fraction of sp³-hybridized carbons (Fsp3) is 0.588. The molecule has 7 nitrogen and oxygen atoms in total. The van der Waals surface area contributed by atoms with Crippen LogP contribution in [0.3, 0.4) is 0 Å². The van der Waals surface area contributed by atoms with Crippen molar-refractivity contribution in [3.05, 3.63) is 30.2 Å². The molecule has 4 rings (SSSR count). The van der Waals surface area contributed by atoms with E-state index in [0.717, 1.165) is 13.0 Å². The van der Waals surface area contributed by atoms with Crippen LogP contribution in [0.5, 0.6) is 0 Å². The summed E-state index contributed by atoms with van der Waals surface area (Å²) < 4.78 is 13.3. The molecule has 2 aromatic rings. The molecule has 0 bridgehead atoms. The van der Waals surface area contributed by atoms with Crippen molar-refractivity contribution in [2.24, 2.45) is 5.92 Å². The topological polar surface area (TPSA) is 77.8 Å². The second-order valence-corrected chi connectivity index (χ2v) is 6.60. The number of hydrogen-bond donors (Lipinski definition) is 1. The van der Waals surface area contributed by atoms with Gasteiger partial charge in [0.1, 0.15) is 12.4 Å². The average molecular weight is 330 g/mol. The lowest BCUT2D eigenvalue weighted by molar-refractivity contribution is -0.0819. The first kappa shape index (κ1) is 15.5. The Hall–Kier alpha value is -1.99. The molecule has 1 saturated carbocycles. The zero-order chi connectivity index (χ0) is 16.4. The molecule has 3 heterocycles. The minimum atomic E-state index is -0.141. The predicted molar refractivity (Wildman–Crippen MR) is 86.8 cm³/mol. The van der Waals surface area contributed by atoms with Gasteiger partial charge in [0.2, 0.25) is 0 Å². The van der Waals surface area contributed by atoms with E-state index in [2.05, 4.69) is 15.5 Å². The Labute approximate surface area is 140 Å². The van der Waals surface area contributed by atoms with E-state index >= 15 is 0 Å². The second-order valence-electron chi connectivity index (χ2n) is 6.60. The lowest BCUT2D eigenvalue weighted by atomic mass is 9.86. The number of hydrogen-bond acceptors (Lipinski definition) is 5. The van der Waals surface area contributed by atoms with Crippen LogP contribution in [0.4, 0.5) is 0 Å². The summed E-state index contributed by atoms with van der Waals surface area (Å²) in [5.41, 5.74) is 1.09. The van der Waals surface area contributed by atoms with E-state index < -0.39 is 0 Å². The van der Waals surface area contributed by atoms with Gasteiger partial charge < -0.3 is 14.8 Å². The fourth-order valence-electron chi connectivity index (χ4n) is 3.23. The van der Waals surface area contributed by atoms with Gasteiger partial charge in [0, 0.05) is 19.4 Å². The third-order valence-electron chi connectivity index (χ3n) is 4.96. The molecule has 2 atom stereocenters. The van der Waals surface area contributed by atoms with E-state index in [4.69, 9.17) is 9.47 Å². The molecular formula is C17H22N4O3. The SMILES string of the molecule is O=C(N[C@@H]1CCOC[C@H]1OCC1CCC1)c1cccn2cnnc12. The van der Waals surface area contributed by atoms with Crippen LogP contribution in [0.15, 0.2) is 24.7 Å². The predicted octanol–water partition coefficient (Wildman–Crippen LogP) is 1.43. The highest BCUT2D eigenvalue weighted by Gasteiger charge is 2.30. The molecule has 1 amide bonds. The number of aromatic nitrogens is 3. The number of ether oxygens (including phenoxy) is 2. The highest BCUT2D eigenvalue weighted by atomic mass is 16.5. The number of nitrogens with one attached hydrogen (secondary N) is 1. The summed E-state index contributed by atoms with van der Waals surface area (Å²) in [7, 11) is 0. The first-order valence-electron chi connectivity index (χ1n) is 8.60. The maximum Gasteiger partial charge on any atom is 0.255 e. The first-order valence-corrected chi connectivity index (χ1v) is 8.60. The molecule has 1 saturated heterocycles. The summed E-state index contributed by atoms with van der Waals surface area (Å²) in [5.74, 6) is 0.533. The molecule has 0 aromatic carbocycles. The second kappa shape index (κ2) is 6.86. The number of rotatable bonds is 5. The van der Waals surface area contributed by atoms with E-state index in [9.17, 15) is 4.79 Å². The number of nitrogens with zero attached hydrogens (tertiary/aromatic N) is 3. The molecule has 1 N–H and O–H groups in total. The average Bonchev–Trinajstić information content (AvgIpc) is 3.03. The molecule has 0 radical (unpaired) electrons. The van der Waals surface area contributed by atoms with Crippen molar-refractivity contribution in [3.63, 3.8) is 0 Å². The Kier molecular flexibility index (Phi) is 4.44. The van der Waals surface area contributed by atoms with Crippen molar-refractivity contribution >= 4 is 11.6 Å². The van der Waals surface area contributed by atoms with Crippen LogP contribution in [-0.2, 0) is 9.47 Å². The van der Waals surface area contributed by atoms with Crippen molar-refractivity contribution in [1.29, 1.82) is 0 Å². The van der Waals surface area contributed by atoms with Gasteiger partial charge in [-0.3, -0.25) is 9.20 Å². The van der Waals surface area contributed by atoms with Gasteiger partial charge in [-0.25, -0.2) is 0 Å². The molecule has 1 aliphatic heterocycles. The summed E-state index contributed by atoms with van der Waals surface area (Å²) in [4.78, 5) is 12.7. The van der Waals surface area contributed by atoms with Crippen molar-refractivity contribution in [2.75, 3.05) is 19.8 Å². The molecule has 2 aromatic heterocycles. The minimum absolute atomic E-state index is 0.0329. The third kappa shape index (κ3) is 3.14. The minimum Gasteiger partial charge on any atom is -0.379 e. The summed E-state index contributed by atoms with van der Waals surface area (Å²) >= 11 is 0. The first-order chi connectivity index (χ1) is 11.8. The Morgan fingerprint density at radius 3 is 3.17 bits per heavy atom. The lowest BCUT2D eigenvalue weighted by Gasteiger charge is -2.34. The number of carbonyl (C=O) groups is 1. The maximum absolute atomic E-state index is 12.7. The van der Waals surface area contributed by atoms with Gasteiger partial charge in [-0.2, -0.15) is 0 Å². The highest BCUT2D eigenvalue weighted by Crippen LogP contribution is 2.27. The van der Waals surface area contributed by atoms with Gasteiger partial charge in [0.15, 0.2) is 5.65 Å². The standard InChI is InChI=1S/C17H22N4O3/c22-17(13-5-2-7-21-11-18-20-16(13)21)19-14-6-8-23-10-15(14)24-9-12-3-1-4-12/h2,5,7,11-12,14-15H,1,3-4,6,8-10H2,(H,19,22)/t14-,15-/m1/s1. The third-order valence-corrected chi connectivity index (χ3v) is 4.96. The molecule has 128 valence electrons. The van der Waals surface area contributed by atoms with Crippen LogP contribution in [0.2, 0.25) is 0 Å². The Morgan fingerprint density at radius 1 is 1.42 bits per heavy atom. The molecule has 1 aliphatic carbocycles. The fourth-order valence-corrected chi connectivity index (χ4v) is 3.23. The van der Waals surface area contributed by atoms with E-state index in [1.165, 1.54) is 19.3 Å². The van der Waals surface area contributed by atoms with Gasteiger partial charge in [0.25, 0.3) is 5.91 Å². The van der Waals surface area contributed by atoms with E-state index in [0.29, 0.717) is 30.3 Å². The van der Waals surface area contributed by atoms with E-state index in [-0.39, 0.29) is 18.1 Å². The van der Waals surface area contributed by atoms with Crippen molar-refractivity contribution < 1.29 is 14.3 Å². The highest BCUT2D eigenvalue weighted by molar-refractivity contribution is 5.99. The van der Waals surface area contributed by atoms with Crippen LogP contribution in [0.25, 0.3) is 5.65 Å². The van der Waals surface area contributed by atoms with E-state index in [1.54, 1.807) is 16.8 Å². The summed E-state index contributed by atoms with van der Waals surface area (Å²) in [5, 5.41) is 11.0. The number of amides is 1. The van der Waals surface area contributed by atoms with Crippen molar-refractivity contribution in [3.8, 4) is 0 Å². The zero-order valence-electron chi connectivity index (χ0n) is 13.6. The smallest absolute Gasteiger partial charge is 0.255 e. The van der Waals surface area contributed by atoms with Crippen molar-refractivity contribution in [2.45, 2.75) is 37.8 Å². The Balaban J connectivity index is 1.43. The largest absolute Gasteiger partial charge is 0.379 e. The molecule has 0 spiro atoms. The monoisotopic (exact) mass is 330 g/mol. The Bertz CT molecular complexity index is 713. The maximum atomic E-state index is 12.7. The van der Waals surface area contributed by atoms with Crippen LogP contribution in [0.1, 0.15) is 36.0 Å². The summed E-state index contributed by atoms with van der Waals surface area (Å²) in [6.07, 6.45) is 7.89. The molecule has 2 fully saturated rings. The molecule has 2 aliphatic rings. The lowest BCUT2D eigenvalue weighted by Crippen LogP contribution is -2.50. The van der Waals surface area contributed by atoms with E-state index in [1.807, 2.05) is 12.3 Å². The number of fused-ring (bicyclic) bond motifs is 1. The van der Waals surface area contributed by atoms with Crippen LogP contribution in [0, 0.1) is 5.92 Å². The molecular weight excluding hydrogens is 308 g/mol. The molecule has 7 heteroatoms. The Morgan fingerprint density at radius 2 is 2.33 bits per heavy atom. The zero-order valence-corrected chi connectivity index (χ0v) is 13.6. The number of pyridine rings is 1. The van der Waals surface area contributed by atoms with Crippen LogP contribution in [-0.4, -0.2) is 52.5 Å². The van der Waals surface area contributed by atoms with Crippen molar-refractivity contribution in [1.82, 2.24) is 19.9 Å². The summed E-state index contributed by atoms with van der Waals surface area (Å²) in [6.45, 7) is 1.94. The molecule has 0 unspecified atom stereocenters. The summed E-state index contributed by atoms with van der Waals surface area (Å²) in [6, 6.07) is 3.55.